The highest BCUT2D eigenvalue weighted by atomic mass is 31.2. The van der Waals surface area contributed by atoms with E-state index in [1.165, 1.54) is 0 Å². The highest BCUT2D eigenvalue weighted by molar-refractivity contribution is 7.74. The summed E-state index contributed by atoms with van der Waals surface area (Å²) in [5.41, 5.74) is 1.35. The number of benzene rings is 1. The van der Waals surface area contributed by atoms with Crippen molar-refractivity contribution in [3.63, 3.8) is 0 Å². The molecular weight excluding hydrogens is 442 g/mol. The van der Waals surface area contributed by atoms with Gasteiger partial charge in [-0.3, -0.25) is 13.9 Å². The van der Waals surface area contributed by atoms with E-state index in [2.05, 4.69) is 10.2 Å². The summed E-state index contributed by atoms with van der Waals surface area (Å²) in [6.45, 7) is 8.57. The van der Waals surface area contributed by atoms with Crippen LogP contribution in [0.25, 0.3) is 0 Å². The number of hydrogen-bond acceptors (Lipinski definition) is 9. The van der Waals surface area contributed by atoms with Crippen molar-refractivity contribution in [3.8, 4) is 0 Å². The molecule has 0 bridgehead atoms. The summed E-state index contributed by atoms with van der Waals surface area (Å²) < 4.78 is 49.9. The molecule has 1 unspecified atom stereocenters. The van der Waals surface area contributed by atoms with Gasteiger partial charge < -0.3 is 18.1 Å². The summed E-state index contributed by atoms with van der Waals surface area (Å²) in [7, 11) is -8.38. The van der Waals surface area contributed by atoms with E-state index in [1.54, 1.807) is 39.8 Å². The molecule has 2 rings (SSSR count). The van der Waals surface area contributed by atoms with Gasteiger partial charge in [0.1, 0.15) is 6.04 Å². The van der Waals surface area contributed by atoms with Crippen LogP contribution in [0.2, 0.25) is 0 Å². The van der Waals surface area contributed by atoms with Crippen LogP contribution in [-0.2, 0) is 33.6 Å². The first-order chi connectivity index (χ1) is 14.8. The van der Waals surface area contributed by atoms with Crippen molar-refractivity contribution >= 4 is 21.0 Å². The Kier molecular flexibility index (Phi) is 9.31. The van der Waals surface area contributed by atoms with Crippen molar-refractivity contribution in [1.82, 2.24) is 0 Å². The number of ketones is 1. The maximum Gasteiger partial charge on any atom is 0.372 e. The van der Waals surface area contributed by atoms with Gasteiger partial charge in [-0.1, -0.05) is 31.2 Å². The Bertz CT molecular complexity index is 840. The Balaban J connectivity index is 2.58. The molecule has 1 heterocycles. The lowest BCUT2D eigenvalue weighted by molar-refractivity contribution is 0.0959. The molecule has 0 aromatic heterocycles. The van der Waals surface area contributed by atoms with Crippen LogP contribution < -0.4 is 0 Å². The quantitative estimate of drug-likeness (QED) is 0.261. The third kappa shape index (κ3) is 4.92. The number of Topliss-reactive ketones (excluding diaryl/α,β-unsaturated/α-hetero) is 1. The molecule has 1 aromatic rings. The van der Waals surface area contributed by atoms with Crippen molar-refractivity contribution in [3.05, 3.63) is 35.4 Å². The number of carbonyl (C=O) groups excluding carboxylic acids is 1. The predicted octanol–water partition coefficient (Wildman–Crippen LogP) is 5.84. The Morgan fingerprint density at radius 2 is 1.42 bits per heavy atom. The topological polar surface area (TPSA) is 113 Å². The third-order valence-corrected chi connectivity index (χ3v) is 11.0. The predicted molar refractivity (Wildman–Crippen MR) is 118 cm³/mol. The minimum absolute atomic E-state index is 0.0179. The van der Waals surface area contributed by atoms with E-state index in [-0.39, 0.29) is 38.6 Å². The highest BCUT2D eigenvalue weighted by Gasteiger charge is 2.69. The van der Waals surface area contributed by atoms with E-state index in [1.807, 2.05) is 19.1 Å². The van der Waals surface area contributed by atoms with Gasteiger partial charge in [0, 0.05) is 12.0 Å². The first-order valence-electron chi connectivity index (χ1n) is 10.6. The molecule has 0 aliphatic carbocycles. The fourth-order valence-electron chi connectivity index (χ4n) is 3.55. The minimum Gasteiger partial charge on any atom is -0.307 e. The van der Waals surface area contributed by atoms with E-state index in [0.717, 1.165) is 5.56 Å². The monoisotopic (exact) mass is 474 g/mol. The first kappa shape index (κ1) is 26.0. The van der Waals surface area contributed by atoms with Crippen molar-refractivity contribution in [2.45, 2.75) is 58.5 Å². The van der Waals surface area contributed by atoms with Gasteiger partial charge in [0.25, 0.3) is 5.02 Å². The zero-order valence-electron chi connectivity index (χ0n) is 18.8. The number of hydrogen-bond donors (Lipinski definition) is 0. The lowest BCUT2D eigenvalue weighted by Gasteiger charge is -2.36. The number of nitrogens with zero attached hydrogens (tertiary/aromatic N) is 2. The zero-order chi connectivity index (χ0) is 23.1. The van der Waals surface area contributed by atoms with Gasteiger partial charge in [-0.25, -0.2) is 0 Å². The number of azo groups is 1. The average Bonchev–Trinajstić information content (AvgIpc) is 3.22. The van der Waals surface area contributed by atoms with Crippen LogP contribution in [-0.4, -0.2) is 43.3 Å². The first-order valence-corrected chi connectivity index (χ1v) is 13.7. The Morgan fingerprint density at radius 1 is 0.935 bits per heavy atom. The molecule has 0 saturated carbocycles. The molecule has 0 amide bonds. The summed E-state index contributed by atoms with van der Waals surface area (Å²) >= 11 is 0. The van der Waals surface area contributed by atoms with Gasteiger partial charge in [-0.2, -0.15) is 10.2 Å². The maximum atomic E-state index is 13.9. The van der Waals surface area contributed by atoms with Crippen molar-refractivity contribution in [2.24, 2.45) is 10.2 Å². The molecule has 174 valence electrons. The Labute approximate surface area is 184 Å². The van der Waals surface area contributed by atoms with Crippen LogP contribution in [0.1, 0.15) is 57.0 Å². The second-order valence-electron chi connectivity index (χ2n) is 6.75. The van der Waals surface area contributed by atoms with Gasteiger partial charge >= 0.3 is 15.2 Å². The lowest BCUT2D eigenvalue weighted by atomic mass is 9.96. The largest absolute Gasteiger partial charge is 0.372 e. The summed E-state index contributed by atoms with van der Waals surface area (Å²) in [4.78, 5) is 13.3. The molecule has 1 atom stereocenters. The molecular formula is C20H32N2O7P2. The number of aryl methyl sites for hydroxylation is 1. The zero-order valence-corrected chi connectivity index (χ0v) is 20.6. The molecule has 1 aliphatic heterocycles. The molecule has 0 radical (unpaired) electrons. The van der Waals surface area contributed by atoms with Crippen LogP contribution in [0.4, 0.5) is 0 Å². The summed E-state index contributed by atoms with van der Waals surface area (Å²) in [6.07, 6.45) is 0.391. The highest BCUT2D eigenvalue weighted by Crippen LogP contribution is 2.81. The van der Waals surface area contributed by atoms with Crippen molar-refractivity contribution in [1.29, 1.82) is 0 Å². The molecule has 31 heavy (non-hydrogen) atoms. The summed E-state index contributed by atoms with van der Waals surface area (Å²) in [5, 5.41) is 6.20. The average molecular weight is 474 g/mol. The van der Waals surface area contributed by atoms with Gasteiger partial charge in [0.15, 0.2) is 5.78 Å². The third-order valence-electron chi connectivity index (χ3n) is 4.86. The molecule has 0 fully saturated rings. The molecule has 0 spiro atoms. The summed E-state index contributed by atoms with van der Waals surface area (Å²) in [6, 6.07) is 6.18. The van der Waals surface area contributed by atoms with Crippen LogP contribution in [0.5, 0.6) is 0 Å². The summed E-state index contributed by atoms with van der Waals surface area (Å²) in [5.74, 6) is -0.304. The van der Waals surface area contributed by atoms with Crippen LogP contribution in [0, 0.1) is 0 Å². The van der Waals surface area contributed by atoms with Crippen LogP contribution in [0.15, 0.2) is 34.5 Å². The Morgan fingerprint density at radius 3 is 1.87 bits per heavy atom. The number of rotatable bonds is 13. The van der Waals surface area contributed by atoms with E-state index in [9.17, 15) is 13.9 Å². The van der Waals surface area contributed by atoms with E-state index >= 15 is 0 Å². The molecule has 0 saturated heterocycles. The normalized spacial score (nSPS) is 18.4. The SMILES string of the molecule is CCOP(=O)(OCC)C1(P(=O)(OCC)OCC)CC(C(=O)c2ccccc2CC)N=N1. The second kappa shape index (κ2) is 11.1. The minimum atomic E-state index is -4.19. The fraction of sp³-hybridized carbons (Fsp3) is 0.650. The van der Waals surface area contributed by atoms with Crippen LogP contribution in [0.3, 0.4) is 0 Å². The molecule has 9 nitrogen and oxygen atoms in total. The van der Waals surface area contributed by atoms with Gasteiger partial charge in [0.05, 0.1) is 26.4 Å². The number of carbonyl (C=O) groups is 1. The second-order valence-corrected chi connectivity index (χ2v) is 11.6. The Hall–Kier alpha value is -1.21. The molecule has 1 aromatic carbocycles. The molecule has 1 aliphatic rings. The van der Waals surface area contributed by atoms with Crippen LogP contribution >= 0.6 is 15.2 Å². The van der Waals surface area contributed by atoms with Crippen molar-refractivity contribution < 1.29 is 32.0 Å². The van der Waals surface area contributed by atoms with E-state index < -0.39 is 26.3 Å². The molecule has 11 heteroatoms. The van der Waals surface area contributed by atoms with Gasteiger partial charge in [-0.05, 0) is 39.7 Å². The van der Waals surface area contributed by atoms with Crippen molar-refractivity contribution in [2.75, 3.05) is 26.4 Å². The smallest absolute Gasteiger partial charge is 0.307 e. The van der Waals surface area contributed by atoms with E-state index in [0.29, 0.717) is 12.0 Å². The fourth-order valence-corrected chi connectivity index (χ4v) is 8.89. The van der Waals surface area contributed by atoms with Gasteiger partial charge in [0.2, 0.25) is 0 Å². The van der Waals surface area contributed by atoms with Gasteiger partial charge in [-0.15, -0.1) is 0 Å². The molecule has 0 N–H and O–H groups in total. The standard InChI is InChI=1S/C20H32N2O7P2/c1-6-16-13-11-12-14-17(16)19(23)18-15-20(22-21-18,30(24,26-7-2)27-8-3)31(25,28-9-4)29-10-5/h11-14,18H,6-10,15H2,1-5H3. The lowest BCUT2D eigenvalue weighted by Crippen LogP contribution is -2.33. The van der Waals surface area contributed by atoms with E-state index in [4.69, 9.17) is 18.1 Å². The maximum absolute atomic E-state index is 13.9.